The van der Waals surface area contributed by atoms with Gasteiger partial charge in [-0.1, -0.05) is 144 Å². The summed E-state index contributed by atoms with van der Waals surface area (Å²) >= 11 is 0. The fourth-order valence-corrected chi connectivity index (χ4v) is 9.39. The smallest absolute Gasteiger partial charge is 0.291 e. The lowest BCUT2D eigenvalue weighted by atomic mass is 9.80. The van der Waals surface area contributed by atoms with E-state index in [1.807, 2.05) is 105 Å². The number of hydrogen-bond acceptors (Lipinski definition) is 12. The van der Waals surface area contributed by atoms with Crippen LogP contribution in [0.3, 0.4) is 0 Å². The van der Waals surface area contributed by atoms with Crippen molar-refractivity contribution in [2.75, 3.05) is 44.1 Å². The average molecular weight is 1030 g/mol. The summed E-state index contributed by atoms with van der Waals surface area (Å²) in [4.78, 5) is 82.3. The number of carbonyl (C=O) groups excluding carboxylic acids is 4. The van der Waals surface area contributed by atoms with Gasteiger partial charge >= 0.3 is 0 Å². The van der Waals surface area contributed by atoms with Gasteiger partial charge in [0.2, 0.25) is 5.78 Å². The van der Waals surface area contributed by atoms with Crippen molar-refractivity contribution in [1.29, 1.82) is 0 Å². The predicted octanol–water partition coefficient (Wildman–Crippen LogP) is 9.04. The van der Waals surface area contributed by atoms with E-state index < -0.39 is 23.1 Å². The Morgan fingerprint density at radius 1 is 0.618 bits per heavy atom. The fourth-order valence-electron chi connectivity index (χ4n) is 9.39. The molecule has 1 aliphatic heterocycles. The molecular weight excluding hydrogens is 963 g/mol. The molecule has 1 aliphatic carbocycles. The van der Waals surface area contributed by atoms with E-state index in [1.54, 1.807) is 52.5 Å². The zero-order chi connectivity index (χ0) is 53.8. The first-order chi connectivity index (χ1) is 36.1. The Hall–Kier alpha value is -8.60. The highest BCUT2D eigenvalue weighted by Gasteiger charge is 2.40. The van der Waals surface area contributed by atoms with Gasteiger partial charge in [-0.25, -0.2) is 4.68 Å². The number of ketones is 1. The Kier molecular flexibility index (Phi) is 19.4. The molecule has 1 unspecified atom stereocenters. The van der Waals surface area contributed by atoms with Crippen LogP contribution in [0.4, 0.5) is 22.7 Å². The second-order valence-electron chi connectivity index (χ2n) is 19.1. The number of H-pyrrole nitrogens is 1. The third-order valence-corrected chi connectivity index (χ3v) is 13.5. The molecule has 17 heteroatoms. The summed E-state index contributed by atoms with van der Waals surface area (Å²) in [5, 5.41) is 40.0. The van der Waals surface area contributed by atoms with Crippen LogP contribution < -0.4 is 37.7 Å². The first kappa shape index (κ1) is 56.7. The summed E-state index contributed by atoms with van der Waals surface area (Å²) in [7, 11) is 6.37. The topological polar surface area (TPSA) is 230 Å². The maximum atomic E-state index is 13.9. The van der Waals surface area contributed by atoms with Gasteiger partial charge in [-0.05, 0) is 72.6 Å². The third kappa shape index (κ3) is 13.2. The number of nitrogens with zero attached hydrogens (tertiary/aromatic N) is 3. The SMILES string of the molecule is C.CC[C@@H](NC1=C(Nc2cccc(C(=O)N(C)C)c2O)C(=O)C(C2CCCCC2)NC1=O)c1ccccc1.CC[C@@H](Nc1c(Nc2cccc(C(=O)N(C)C)c2O)c(=O)n(Cc2ccccc2)[nH]c1=O)c1ccccc1. The molecule has 2 heterocycles. The van der Waals surface area contributed by atoms with Crippen LogP contribution in [0.25, 0.3) is 0 Å². The molecule has 0 bridgehead atoms. The highest BCUT2D eigenvalue weighted by atomic mass is 16.3. The van der Waals surface area contributed by atoms with Crippen LogP contribution in [0, 0.1) is 5.92 Å². The zero-order valence-electron chi connectivity index (χ0n) is 43.3. The largest absolute Gasteiger partial charge is 0.505 e. The van der Waals surface area contributed by atoms with E-state index in [4.69, 9.17) is 0 Å². The average Bonchev–Trinajstić information content (AvgIpc) is 3.43. The van der Waals surface area contributed by atoms with E-state index in [2.05, 4.69) is 31.7 Å². The Labute approximate surface area is 444 Å². The predicted molar refractivity (Wildman–Crippen MR) is 299 cm³/mol. The van der Waals surface area contributed by atoms with Crippen molar-refractivity contribution < 1.29 is 29.4 Å². The van der Waals surface area contributed by atoms with Gasteiger partial charge < -0.3 is 46.6 Å². The standard InChI is InChI=1S/C29H31N5O4.C29H36N4O4.CH4/c1-4-22(20-14-9-6-10-15-20)30-24-25(31-23-17-11-16-21(26(23)35)28(37)33(2)3)29(38)34(32-27(24)36)18-19-12-7-5-8-13-19;1-4-21(18-12-7-5-8-13-18)30-25-24(27(35)23(32-28(25)36)19-14-9-6-10-15-19)31-22-17-11-16-20(26(22)34)29(37)33(2)3;/h5-17,22,30-31,35H,4,18H2,1-3H3,(H,32,36);5,7-8,11-13,16-17,19,21,23,30-31,34H,4,6,9-10,14-15H2,1-3H3,(H,32,36);1H4/t22-;21-,23?;/m11./s1. The molecule has 5 aromatic carbocycles. The van der Waals surface area contributed by atoms with Gasteiger partial charge in [0.15, 0.2) is 11.5 Å². The monoisotopic (exact) mass is 1030 g/mol. The first-order valence-electron chi connectivity index (χ1n) is 25.4. The molecule has 1 fully saturated rings. The molecule has 1 aromatic heterocycles. The van der Waals surface area contributed by atoms with Gasteiger partial charge in [-0.15, -0.1) is 0 Å². The molecule has 8 rings (SSSR count). The Morgan fingerprint density at radius 2 is 1.11 bits per heavy atom. The van der Waals surface area contributed by atoms with Gasteiger partial charge in [0, 0.05) is 28.2 Å². The maximum Gasteiger partial charge on any atom is 0.291 e. The molecule has 0 spiro atoms. The second kappa shape index (κ2) is 26.1. The molecule has 6 aromatic rings. The van der Waals surface area contributed by atoms with E-state index in [0.717, 1.165) is 48.8 Å². The number of aromatic nitrogens is 2. The van der Waals surface area contributed by atoms with Crippen molar-refractivity contribution in [1.82, 2.24) is 30.2 Å². The number of aromatic amines is 1. The first-order valence-corrected chi connectivity index (χ1v) is 25.4. The minimum Gasteiger partial charge on any atom is -0.505 e. The molecule has 0 saturated heterocycles. The molecule has 76 heavy (non-hydrogen) atoms. The van der Waals surface area contributed by atoms with E-state index in [0.29, 0.717) is 12.8 Å². The summed E-state index contributed by atoms with van der Waals surface area (Å²) in [6.45, 7) is 4.13. The van der Waals surface area contributed by atoms with Crippen LogP contribution in [0.2, 0.25) is 0 Å². The van der Waals surface area contributed by atoms with Crippen LogP contribution in [-0.2, 0) is 16.1 Å². The number of nitrogens with one attached hydrogen (secondary N) is 6. The zero-order valence-corrected chi connectivity index (χ0v) is 43.3. The maximum absolute atomic E-state index is 13.9. The molecule has 400 valence electrons. The number of benzene rings is 5. The van der Waals surface area contributed by atoms with Gasteiger partial charge in [0.1, 0.15) is 22.8 Å². The van der Waals surface area contributed by atoms with E-state index in [9.17, 15) is 39.0 Å². The second-order valence-corrected chi connectivity index (χ2v) is 19.1. The van der Waals surface area contributed by atoms with Crippen molar-refractivity contribution >= 4 is 46.3 Å². The van der Waals surface area contributed by atoms with Crippen LogP contribution in [-0.4, -0.2) is 87.5 Å². The van der Waals surface area contributed by atoms with Crippen LogP contribution in [0.5, 0.6) is 11.5 Å². The van der Waals surface area contributed by atoms with Crippen molar-refractivity contribution in [3.8, 4) is 11.5 Å². The molecular formula is C59H71N9O8. The number of rotatable bonds is 17. The van der Waals surface area contributed by atoms with Crippen LogP contribution in [0.15, 0.2) is 148 Å². The summed E-state index contributed by atoms with van der Waals surface area (Å²) in [5.74, 6) is -1.86. The summed E-state index contributed by atoms with van der Waals surface area (Å²) in [5.41, 5.74) is 2.52. The summed E-state index contributed by atoms with van der Waals surface area (Å²) in [6, 6.07) is 37.0. The minimum atomic E-state index is -0.633. The number of Topliss-reactive ketones (excluding diaryl/α,β-unsaturated/α-hetero) is 1. The highest BCUT2D eigenvalue weighted by Crippen LogP contribution is 2.36. The fraction of sp³-hybridized carbons (Fsp3) is 0.322. The highest BCUT2D eigenvalue weighted by molar-refractivity contribution is 6.15. The van der Waals surface area contributed by atoms with Crippen molar-refractivity contribution in [3.63, 3.8) is 0 Å². The molecule has 1 saturated carbocycles. The third-order valence-electron chi connectivity index (χ3n) is 13.5. The molecule has 8 N–H and O–H groups in total. The van der Waals surface area contributed by atoms with E-state index in [-0.39, 0.29) is 106 Å². The van der Waals surface area contributed by atoms with Crippen molar-refractivity contribution in [2.24, 2.45) is 5.92 Å². The van der Waals surface area contributed by atoms with Crippen LogP contribution >= 0.6 is 0 Å². The van der Waals surface area contributed by atoms with E-state index in [1.165, 1.54) is 26.6 Å². The molecule has 2 aliphatic rings. The number of hydrogen-bond donors (Lipinski definition) is 8. The molecule has 17 nitrogen and oxygen atoms in total. The molecule has 0 radical (unpaired) electrons. The van der Waals surface area contributed by atoms with Crippen LogP contribution in [0.1, 0.15) is 116 Å². The van der Waals surface area contributed by atoms with E-state index >= 15 is 0 Å². The van der Waals surface area contributed by atoms with Gasteiger partial charge in [0.25, 0.3) is 28.8 Å². The Morgan fingerprint density at radius 3 is 1.61 bits per heavy atom. The number of amides is 3. The normalized spacial score (nSPS) is 15.2. The number of anilines is 4. The molecule has 3 atom stereocenters. The Balaban J connectivity index is 0.000000244. The van der Waals surface area contributed by atoms with Gasteiger partial charge in [-0.2, -0.15) is 0 Å². The number of carbonyl (C=O) groups is 4. The number of phenolic OH excluding ortho intramolecular Hbond substituents is 2. The van der Waals surface area contributed by atoms with Gasteiger partial charge in [0.05, 0.1) is 47.2 Å². The lowest BCUT2D eigenvalue weighted by Gasteiger charge is -2.35. The Bertz CT molecular complexity index is 3130. The van der Waals surface area contributed by atoms with Crippen molar-refractivity contribution in [2.45, 2.75) is 90.9 Å². The lowest BCUT2D eigenvalue weighted by molar-refractivity contribution is -0.127. The van der Waals surface area contributed by atoms with Crippen molar-refractivity contribution in [3.05, 3.63) is 187 Å². The number of phenols is 2. The molecule has 3 amide bonds. The van der Waals surface area contributed by atoms with Gasteiger partial charge in [-0.3, -0.25) is 33.9 Å². The summed E-state index contributed by atoms with van der Waals surface area (Å²) in [6.07, 6.45) is 6.29. The number of aromatic hydroxyl groups is 2. The minimum absolute atomic E-state index is 0. The summed E-state index contributed by atoms with van der Waals surface area (Å²) < 4.78 is 1.22. The number of para-hydroxylation sites is 2. The lowest BCUT2D eigenvalue weighted by Crippen LogP contribution is -2.54. The quantitative estimate of drug-likeness (QED) is 0.0400.